The number of carbonyl (C=O) groups excluding carboxylic acids is 3. The van der Waals surface area contributed by atoms with Crippen molar-refractivity contribution < 1.29 is 14.4 Å². The summed E-state index contributed by atoms with van der Waals surface area (Å²) in [6.07, 6.45) is 2.32. The van der Waals surface area contributed by atoms with E-state index in [2.05, 4.69) is 4.98 Å². The first-order valence-electron chi connectivity index (χ1n) is 10.7. The zero-order chi connectivity index (χ0) is 23.8. The van der Waals surface area contributed by atoms with Gasteiger partial charge in [0, 0.05) is 49.2 Å². The van der Waals surface area contributed by atoms with E-state index in [0.29, 0.717) is 25.2 Å². The van der Waals surface area contributed by atoms with Crippen LogP contribution < -0.4 is 5.43 Å². The van der Waals surface area contributed by atoms with Gasteiger partial charge in [-0.1, -0.05) is 48.5 Å². The molecule has 2 heterocycles. The molecular weight excluding hydrogens is 418 g/mol. The van der Waals surface area contributed by atoms with E-state index >= 15 is 0 Å². The number of aromatic nitrogens is 1. The highest BCUT2D eigenvalue weighted by atomic mass is 16.2. The predicted molar refractivity (Wildman–Crippen MR) is 127 cm³/mol. The van der Waals surface area contributed by atoms with Crippen molar-refractivity contribution in [2.45, 2.75) is 19.9 Å². The molecule has 1 aliphatic rings. The zero-order valence-corrected chi connectivity index (χ0v) is 18.7. The van der Waals surface area contributed by atoms with Gasteiger partial charge in [-0.25, -0.2) is 0 Å². The van der Waals surface area contributed by atoms with E-state index < -0.39 is 0 Å². The second kappa shape index (κ2) is 11.0. The first-order chi connectivity index (χ1) is 15.9. The van der Waals surface area contributed by atoms with Crippen LogP contribution >= 0.6 is 0 Å². The summed E-state index contributed by atoms with van der Waals surface area (Å²) >= 11 is 0. The number of hydrogen-bond donors (Lipinski definition) is 1. The SMILES string of the molecule is CC(=O)c1c[nH]c(-c2ccccc2)cc1=O.CC1CN(C(=O)c2ccccc2)CCN1C=O. The first-order valence-corrected chi connectivity index (χ1v) is 10.7. The van der Waals surface area contributed by atoms with Gasteiger partial charge in [-0.2, -0.15) is 0 Å². The monoisotopic (exact) mass is 445 g/mol. The average Bonchev–Trinajstić information content (AvgIpc) is 2.84. The second-order valence-corrected chi connectivity index (χ2v) is 7.86. The van der Waals surface area contributed by atoms with Crippen LogP contribution in [0.2, 0.25) is 0 Å². The molecule has 2 aromatic carbocycles. The van der Waals surface area contributed by atoms with Crippen LogP contribution in [0.3, 0.4) is 0 Å². The molecule has 1 aliphatic heterocycles. The van der Waals surface area contributed by atoms with E-state index in [-0.39, 0.29) is 28.7 Å². The number of pyridine rings is 1. The maximum atomic E-state index is 12.2. The van der Waals surface area contributed by atoms with Gasteiger partial charge < -0.3 is 14.8 Å². The molecule has 0 saturated carbocycles. The smallest absolute Gasteiger partial charge is 0.253 e. The third kappa shape index (κ3) is 6.04. The van der Waals surface area contributed by atoms with Crippen molar-refractivity contribution in [1.29, 1.82) is 0 Å². The van der Waals surface area contributed by atoms with Gasteiger partial charge in [0.15, 0.2) is 11.2 Å². The quantitative estimate of drug-likeness (QED) is 0.493. The van der Waals surface area contributed by atoms with E-state index in [1.54, 1.807) is 9.80 Å². The van der Waals surface area contributed by atoms with Crippen molar-refractivity contribution in [3.8, 4) is 11.3 Å². The number of H-pyrrole nitrogens is 1. The number of amides is 2. The number of ketones is 1. The minimum atomic E-state index is -0.245. The van der Waals surface area contributed by atoms with Crippen molar-refractivity contribution in [1.82, 2.24) is 14.8 Å². The van der Waals surface area contributed by atoms with Crippen LogP contribution in [0.5, 0.6) is 0 Å². The second-order valence-electron chi connectivity index (χ2n) is 7.86. The molecule has 170 valence electrons. The maximum Gasteiger partial charge on any atom is 0.253 e. The maximum absolute atomic E-state index is 12.2. The van der Waals surface area contributed by atoms with Crippen molar-refractivity contribution in [2.24, 2.45) is 0 Å². The molecule has 3 aromatic rings. The van der Waals surface area contributed by atoms with Gasteiger partial charge in [0.25, 0.3) is 5.91 Å². The molecule has 0 spiro atoms. The molecule has 33 heavy (non-hydrogen) atoms. The number of aromatic amines is 1. The van der Waals surface area contributed by atoms with Crippen LogP contribution in [0.4, 0.5) is 0 Å². The van der Waals surface area contributed by atoms with E-state index in [0.717, 1.165) is 17.7 Å². The van der Waals surface area contributed by atoms with Crippen LogP contribution in [0.1, 0.15) is 34.6 Å². The Hall–Kier alpha value is -4.00. The molecule has 4 rings (SSSR count). The number of nitrogens with zero attached hydrogens (tertiary/aromatic N) is 2. The average molecular weight is 446 g/mol. The zero-order valence-electron chi connectivity index (χ0n) is 18.7. The van der Waals surface area contributed by atoms with Gasteiger partial charge >= 0.3 is 0 Å². The molecule has 7 nitrogen and oxygen atoms in total. The van der Waals surface area contributed by atoms with Crippen LogP contribution in [-0.4, -0.2) is 58.6 Å². The van der Waals surface area contributed by atoms with E-state index in [9.17, 15) is 19.2 Å². The lowest BCUT2D eigenvalue weighted by Crippen LogP contribution is -2.52. The minimum Gasteiger partial charge on any atom is -0.360 e. The summed E-state index contributed by atoms with van der Waals surface area (Å²) in [6.45, 7) is 5.16. The number of Topliss-reactive ketones (excluding diaryl/α,β-unsaturated/α-hetero) is 1. The minimum absolute atomic E-state index is 0.0444. The van der Waals surface area contributed by atoms with Crippen LogP contribution in [0.15, 0.2) is 77.7 Å². The molecule has 0 aliphatic carbocycles. The fraction of sp³-hybridized carbons (Fsp3) is 0.231. The number of nitrogens with one attached hydrogen (secondary N) is 1. The Balaban J connectivity index is 0.000000186. The molecule has 0 radical (unpaired) electrons. The Kier molecular flexibility index (Phi) is 7.91. The van der Waals surface area contributed by atoms with E-state index in [1.807, 2.05) is 67.6 Å². The first kappa shape index (κ1) is 23.7. The third-order valence-electron chi connectivity index (χ3n) is 5.50. The fourth-order valence-electron chi connectivity index (χ4n) is 3.61. The van der Waals surface area contributed by atoms with Crippen LogP contribution in [0.25, 0.3) is 11.3 Å². The van der Waals surface area contributed by atoms with Crippen molar-refractivity contribution in [3.05, 3.63) is 94.3 Å². The van der Waals surface area contributed by atoms with Crippen molar-refractivity contribution >= 4 is 18.1 Å². The molecule has 1 fully saturated rings. The Morgan fingerprint density at radius 2 is 1.64 bits per heavy atom. The summed E-state index contributed by atoms with van der Waals surface area (Å²) in [4.78, 5) is 52.1. The summed E-state index contributed by atoms with van der Waals surface area (Å²) in [5, 5.41) is 0. The highest BCUT2D eigenvalue weighted by molar-refractivity contribution is 5.94. The third-order valence-corrected chi connectivity index (χ3v) is 5.50. The van der Waals surface area contributed by atoms with E-state index in [1.165, 1.54) is 19.2 Å². The number of hydrogen-bond acceptors (Lipinski definition) is 4. The topological polar surface area (TPSA) is 90.6 Å². The van der Waals surface area contributed by atoms with E-state index in [4.69, 9.17) is 0 Å². The molecule has 0 bridgehead atoms. The van der Waals surface area contributed by atoms with Crippen molar-refractivity contribution in [2.75, 3.05) is 19.6 Å². The highest BCUT2D eigenvalue weighted by Crippen LogP contribution is 2.14. The lowest BCUT2D eigenvalue weighted by atomic mass is 10.1. The molecule has 1 saturated heterocycles. The Morgan fingerprint density at radius 3 is 2.18 bits per heavy atom. The Labute approximate surface area is 192 Å². The molecular formula is C26H27N3O4. The summed E-state index contributed by atoms with van der Waals surface area (Å²) in [6, 6.07) is 20.3. The molecule has 1 atom stereocenters. The van der Waals surface area contributed by atoms with Gasteiger partial charge in [-0.3, -0.25) is 19.2 Å². The summed E-state index contributed by atoms with van der Waals surface area (Å²) < 4.78 is 0. The lowest BCUT2D eigenvalue weighted by molar-refractivity contribution is -0.121. The molecule has 7 heteroatoms. The van der Waals surface area contributed by atoms with Gasteiger partial charge in [0.1, 0.15) is 0 Å². The summed E-state index contributed by atoms with van der Waals surface area (Å²) in [5.74, 6) is -0.177. The van der Waals surface area contributed by atoms with Crippen LogP contribution in [0, 0.1) is 0 Å². The van der Waals surface area contributed by atoms with Gasteiger partial charge in [0.2, 0.25) is 6.41 Å². The van der Waals surface area contributed by atoms with Crippen molar-refractivity contribution in [3.63, 3.8) is 0 Å². The number of carbonyl (C=O) groups is 3. The highest BCUT2D eigenvalue weighted by Gasteiger charge is 2.26. The standard InChI is InChI=1S/C13H16N2O2.C13H11NO2/c1-11-9-14(7-8-15(11)10-16)13(17)12-5-3-2-4-6-12;1-9(15)11-8-14-12(7-13(11)16)10-5-3-2-4-6-10/h2-6,10-11H,7-9H2,1H3;2-8H,1H3,(H,14,16). The predicted octanol–water partition coefficient (Wildman–Crippen LogP) is 3.23. The van der Waals surface area contributed by atoms with Crippen LogP contribution in [-0.2, 0) is 4.79 Å². The molecule has 2 amide bonds. The Morgan fingerprint density at radius 1 is 1.00 bits per heavy atom. The normalized spacial score (nSPS) is 15.3. The lowest BCUT2D eigenvalue weighted by Gasteiger charge is -2.37. The van der Waals surface area contributed by atoms with Gasteiger partial charge in [-0.05, 0) is 31.5 Å². The number of piperazine rings is 1. The molecule has 1 unspecified atom stereocenters. The largest absolute Gasteiger partial charge is 0.360 e. The summed E-state index contributed by atoms with van der Waals surface area (Å²) in [7, 11) is 0. The van der Waals surface area contributed by atoms with Gasteiger partial charge in [0.05, 0.1) is 5.56 Å². The molecule has 1 N–H and O–H groups in total. The van der Waals surface area contributed by atoms with Gasteiger partial charge in [-0.15, -0.1) is 0 Å². The fourth-order valence-corrected chi connectivity index (χ4v) is 3.61. The Bertz CT molecular complexity index is 1160. The summed E-state index contributed by atoms with van der Waals surface area (Å²) in [5.41, 5.74) is 2.30. The molecule has 1 aromatic heterocycles. The number of benzene rings is 2. The number of rotatable bonds is 4.